The van der Waals surface area contributed by atoms with Crippen molar-refractivity contribution in [3.63, 3.8) is 0 Å². The second-order valence-corrected chi connectivity index (χ2v) is 5.54. The van der Waals surface area contributed by atoms with Crippen molar-refractivity contribution in [1.82, 2.24) is 10.3 Å². The van der Waals surface area contributed by atoms with Gasteiger partial charge in [0.05, 0.1) is 0 Å². The molecule has 5 heteroatoms. The lowest BCUT2D eigenvalue weighted by Gasteiger charge is -2.07. The molecule has 0 unspecified atom stereocenters. The average Bonchev–Trinajstić information content (AvgIpc) is 2.83. The summed E-state index contributed by atoms with van der Waals surface area (Å²) in [7, 11) is 0. The van der Waals surface area contributed by atoms with Gasteiger partial charge in [-0.3, -0.25) is 4.79 Å². The molecule has 1 heterocycles. The Morgan fingerprint density at radius 2 is 2.05 bits per heavy atom. The van der Waals surface area contributed by atoms with Gasteiger partial charge in [0.15, 0.2) is 5.13 Å². The molecular weight excluding hydrogens is 258 g/mol. The van der Waals surface area contributed by atoms with E-state index in [2.05, 4.69) is 36.3 Å². The third-order valence-electron chi connectivity index (χ3n) is 2.85. The summed E-state index contributed by atoms with van der Waals surface area (Å²) in [5.41, 5.74) is 8.24. The largest absolute Gasteiger partial charge is 0.375 e. The number of amides is 1. The van der Waals surface area contributed by atoms with Crippen LogP contribution in [0.5, 0.6) is 0 Å². The van der Waals surface area contributed by atoms with E-state index in [9.17, 15) is 4.79 Å². The van der Waals surface area contributed by atoms with Crippen molar-refractivity contribution in [2.45, 2.75) is 26.3 Å². The van der Waals surface area contributed by atoms with E-state index < -0.39 is 0 Å². The number of benzene rings is 1. The Morgan fingerprint density at radius 3 is 2.58 bits per heavy atom. The number of anilines is 1. The van der Waals surface area contributed by atoms with E-state index in [1.807, 2.05) is 12.1 Å². The summed E-state index contributed by atoms with van der Waals surface area (Å²) in [6.07, 6.45) is 0. The maximum absolute atomic E-state index is 11.8. The van der Waals surface area contributed by atoms with Crippen LogP contribution in [-0.2, 0) is 6.54 Å². The Kier molecular flexibility index (Phi) is 4.16. The third-order valence-corrected chi connectivity index (χ3v) is 3.53. The van der Waals surface area contributed by atoms with E-state index in [-0.39, 0.29) is 5.91 Å². The van der Waals surface area contributed by atoms with E-state index in [0.717, 1.165) is 5.56 Å². The van der Waals surface area contributed by atoms with Gasteiger partial charge in [0.25, 0.3) is 5.91 Å². The number of hydrogen-bond donors (Lipinski definition) is 2. The standard InChI is InChI=1S/C14H17N3OS/c1-9(2)11-5-3-10(4-6-11)7-16-13(18)12-8-19-14(15)17-12/h3-6,8-9H,7H2,1-2H3,(H2,15,17)(H,16,18). The molecule has 1 aromatic heterocycles. The molecule has 1 amide bonds. The summed E-state index contributed by atoms with van der Waals surface area (Å²) in [4.78, 5) is 15.7. The molecule has 100 valence electrons. The molecule has 19 heavy (non-hydrogen) atoms. The number of rotatable bonds is 4. The molecule has 1 aromatic carbocycles. The van der Waals surface area contributed by atoms with Crippen LogP contribution in [0.4, 0.5) is 5.13 Å². The molecule has 0 aliphatic heterocycles. The van der Waals surface area contributed by atoms with Crippen LogP contribution in [0.1, 0.15) is 41.4 Å². The Bertz CT molecular complexity index is 560. The van der Waals surface area contributed by atoms with Crippen molar-refractivity contribution in [3.8, 4) is 0 Å². The SMILES string of the molecule is CC(C)c1ccc(CNC(=O)c2csc(N)n2)cc1. The van der Waals surface area contributed by atoms with Crippen molar-refractivity contribution in [1.29, 1.82) is 0 Å². The summed E-state index contributed by atoms with van der Waals surface area (Å²) >= 11 is 1.27. The topological polar surface area (TPSA) is 68.0 Å². The normalized spacial score (nSPS) is 10.7. The molecule has 0 saturated heterocycles. The number of carbonyl (C=O) groups excluding carboxylic acids is 1. The first-order chi connectivity index (χ1) is 9.06. The van der Waals surface area contributed by atoms with Gasteiger partial charge in [0, 0.05) is 11.9 Å². The van der Waals surface area contributed by atoms with E-state index in [4.69, 9.17) is 5.73 Å². The van der Waals surface area contributed by atoms with Crippen molar-refractivity contribution in [2.75, 3.05) is 5.73 Å². The summed E-state index contributed by atoms with van der Waals surface area (Å²) in [6, 6.07) is 8.25. The van der Waals surface area contributed by atoms with E-state index in [0.29, 0.717) is 23.3 Å². The van der Waals surface area contributed by atoms with Crippen LogP contribution in [0.15, 0.2) is 29.6 Å². The number of hydrogen-bond acceptors (Lipinski definition) is 4. The highest BCUT2D eigenvalue weighted by molar-refractivity contribution is 7.13. The number of nitrogens with one attached hydrogen (secondary N) is 1. The Labute approximate surface area is 116 Å². The van der Waals surface area contributed by atoms with Gasteiger partial charge in [-0.05, 0) is 17.0 Å². The zero-order chi connectivity index (χ0) is 13.8. The van der Waals surface area contributed by atoms with Crippen LogP contribution in [-0.4, -0.2) is 10.9 Å². The number of aromatic nitrogens is 1. The maximum atomic E-state index is 11.8. The lowest BCUT2D eigenvalue weighted by Crippen LogP contribution is -2.23. The fourth-order valence-corrected chi connectivity index (χ4v) is 2.23. The molecule has 0 radical (unpaired) electrons. The van der Waals surface area contributed by atoms with Gasteiger partial charge < -0.3 is 11.1 Å². The first kappa shape index (κ1) is 13.5. The van der Waals surface area contributed by atoms with Crippen molar-refractivity contribution in [3.05, 3.63) is 46.5 Å². The number of nitrogens with two attached hydrogens (primary N) is 1. The lowest BCUT2D eigenvalue weighted by atomic mass is 10.0. The predicted molar refractivity (Wildman–Crippen MR) is 78.2 cm³/mol. The molecule has 0 saturated carbocycles. The monoisotopic (exact) mass is 275 g/mol. The zero-order valence-corrected chi connectivity index (χ0v) is 11.8. The number of nitrogen functional groups attached to an aromatic ring is 1. The van der Waals surface area contributed by atoms with Crippen molar-refractivity contribution >= 4 is 22.4 Å². The van der Waals surface area contributed by atoms with Gasteiger partial charge >= 0.3 is 0 Å². The molecule has 0 aliphatic carbocycles. The minimum absolute atomic E-state index is 0.194. The van der Waals surface area contributed by atoms with Gasteiger partial charge in [-0.1, -0.05) is 38.1 Å². The van der Waals surface area contributed by atoms with Gasteiger partial charge in [0.1, 0.15) is 5.69 Å². The fraction of sp³-hybridized carbons (Fsp3) is 0.286. The summed E-state index contributed by atoms with van der Waals surface area (Å²) in [5.74, 6) is 0.322. The molecular formula is C14H17N3OS. The first-order valence-electron chi connectivity index (χ1n) is 6.14. The third kappa shape index (κ3) is 3.54. The molecule has 0 spiro atoms. The molecule has 3 N–H and O–H groups in total. The van der Waals surface area contributed by atoms with Gasteiger partial charge in [-0.15, -0.1) is 11.3 Å². The predicted octanol–water partition coefficient (Wildman–Crippen LogP) is 2.78. The zero-order valence-electron chi connectivity index (χ0n) is 11.0. The number of carbonyl (C=O) groups is 1. The molecule has 0 fully saturated rings. The van der Waals surface area contributed by atoms with Crippen LogP contribution < -0.4 is 11.1 Å². The number of thiazole rings is 1. The fourth-order valence-electron chi connectivity index (χ4n) is 1.69. The molecule has 0 aliphatic rings. The molecule has 0 bridgehead atoms. The highest BCUT2D eigenvalue weighted by Gasteiger charge is 2.09. The molecule has 2 aromatic rings. The molecule has 0 atom stereocenters. The van der Waals surface area contributed by atoms with Crippen molar-refractivity contribution in [2.24, 2.45) is 0 Å². The summed E-state index contributed by atoms with van der Waals surface area (Å²) < 4.78 is 0. The van der Waals surface area contributed by atoms with Crippen LogP contribution in [0.2, 0.25) is 0 Å². The Morgan fingerprint density at radius 1 is 1.37 bits per heavy atom. The van der Waals surface area contributed by atoms with Crippen LogP contribution in [0.25, 0.3) is 0 Å². The van der Waals surface area contributed by atoms with Crippen LogP contribution >= 0.6 is 11.3 Å². The van der Waals surface area contributed by atoms with E-state index >= 15 is 0 Å². The van der Waals surface area contributed by atoms with E-state index in [1.165, 1.54) is 16.9 Å². The maximum Gasteiger partial charge on any atom is 0.271 e. The first-order valence-corrected chi connectivity index (χ1v) is 7.02. The Hall–Kier alpha value is -1.88. The van der Waals surface area contributed by atoms with E-state index in [1.54, 1.807) is 5.38 Å². The van der Waals surface area contributed by atoms with Crippen molar-refractivity contribution < 1.29 is 4.79 Å². The van der Waals surface area contributed by atoms with Crippen LogP contribution in [0, 0.1) is 0 Å². The summed E-state index contributed by atoms with van der Waals surface area (Å²) in [6.45, 7) is 4.81. The molecule has 2 rings (SSSR count). The van der Waals surface area contributed by atoms with Gasteiger partial charge in [-0.25, -0.2) is 4.98 Å². The second-order valence-electron chi connectivity index (χ2n) is 4.65. The smallest absolute Gasteiger partial charge is 0.271 e. The minimum Gasteiger partial charge on any atom is -0.375 e. The van der Waals surface area contributed by atoms with Gasteiger partial charge in [0.2, 0.25) is 0 Å². The number of nitrogens with zero attached hydrogens (tertiary/aromatic N) is 1. The molecule has 4 nitrogen and oxygen atoms in total. The highest BCUT2D eigenvalue weighted by Crippen LogP contribution is 2.15. The quantitative estimate of drug-likeness (QED) is 0.901. The second kappa shape index (κ2) is 5.84. The average molecular weight is 275 g/mol. The Balaban J connectivity index is 1.93. The lowest BCUT2D eigenvalue weighted by molar-refractivity contribution is 0.0946. The summed E-state index contributed by atoms with van der Waals surface area (Å²) in [5, 5.41) is 4.89. The van der Waals surface area contributed by atoms with Crippen LogP contribution in [0.3, 0.4) is 0 Å². The minimum atomic E-state index is -0.194. The van der Waals surface area contributed by atoms with Gasteiger partial charge in [-0.2, -0.15) is 0 Å². The highest BCUT2D eigenvalue weighted by atomic mass is 32.1.